The predicted molar refractivity (Wildman–Crippen MR) is 81.5 cm³/mol. The number of hydrogen-bond donors (Lipinski definition) is 0. The third-order valence-corrected chi connectivity index (χ3v) is 4.09. The summed E-state index contributed by atoms with van der Waals surface area (Å²) in [6, 6.07) is 10.6. The van der Waals surface area contributed by atoms with E-state index in [1.54, 1.807) is 14.2 Å². The normalized spacial score (nSPS) is 12.1. The van der Waals surface area contributed by atoms with Crippen molar-refractivity contribution in [3.8, 4) is 11.5 Å². The third-order valence-electron chi connectivity index (χ3n) is 3.07. The van der Waals surface area contributed by atoms with Gasteiger partial charge in [0.2, 0.25) is 0 Å². The van der Waals surface area contributed by atoms with Gasteiger partial charge in [-0.25, -0.2) is 4.39 Å². The van der Waals surface area contributed by atoms with Gasteiger partial charge in [-0.2, -0.15) is 0 Å². The lowest BCUT2D eigenvalue weighted by atomic mass is 10.0. The molecule has 1 atom stereocenters. The molecule has 0 amide bonds. The minimum Gasteiger partial charge on any atom is -0.497 e. The molecule has 20 heavy (non-hydrogen) atoms. The highest BCUT2D eigenvalue weighted by atomic mass is 79.9. The fraction of sp³-hybridized carbons (Fsp3) is 0.250. The Morgan fingerprint density at radius 2 is 1.80 bits per heavy atom. The second-order valence-electron chi connectivity index (χ2n) is 4.53. The Morgan fingerprint density at radius 1 is 1.05 bits per heavy atom. The number of alkyl halides is 1. The molecule has 106 valence electrons. The van der Waals surface area contributed by atoms with Gasteiger partial charge >= 0.3 is 0 Å². The Bertz CT molecular complexity index is 593. The highest BCUT2D eigenvalue weighted by molar-refractivity contribution is 9.09. The summed E-state index contributed by atoms with van der Waals surface area (Å²) < 4.78 is 24.1. The minimum absolute atomic E-state index is 0.141. The highest BCUT2D eigenvalue weighted by Crippen LogP contribution is 2.38. The Labute approximate surface area is 126 Å². The van der Waals surface area contributed by atoms with Crippen molar-refractivity contribution in [2.24, 2.45) is 0 Å². The predicted octanol–water partition coefficient (Wildman–Crippen LogP) is 4.64. The van der Waals surface area contributed by atoms with Gasteiger partial charge in [-0.05, 0) is 36.2 Å². The lowest BCUT2D eigenvalue weighted by molar-refractivity contribution is 0.391. The van der Waals surface area contributed by atoms with Crippen molar-refractivity contribution < 1.29 is 13.9 Å². The third kappa shape index (κ3) is 3.12. The first-order valence-electron chi connectivity index (χ1n) is 6.18. The van der Waals surface area contributed by atoms with E-state index in [0.29, 0.717) is 5.75 Å². The molecule has 1 unspecified atom stereocenters. The second kappa shape index (κ2) is 6.27. The first-order chi connectivity index (χ1) is 9.55. The molecule has 0 N–H and O–H groups in total. The van der Waals surface area contributed by atoms with E-state index < -0.39 is 0 Å². The van der Waals surface area contributed by atoms with Crippen LogP contribution in [0.15, 0.2) is 36.4 Å². The molecule has 0 heterocycles. The molecule has 2 aromatic carbocycles. The molecule has 0 radical (unpaired) electrons. The molecule has 0 saturated carbocycles. The van der Waals surface area contributed by atoms with E-state index in [9.17, 15) is 4.39 Å². The number of rotatable bonds is 4. The standard InChI is InChI=1S/C16H16BrFO2/c1-10-6-11(8-12(18)7-10)16(17)14-5-4-13(19-2)9-15(14)20-3/h4-9,16H,1-3H3. The molecular weight excluding hydrogens is 323 g/mol. The molecule has 0 aliphatic carbocycles. The Morgan fingerprint density at radius 3 is 2.40 bits per heavy atom. The van der Waals surface area contributed by atoms with E-state index in [1.807, 2.05) is 31.2 Å². The lowest BCUT2D eigenvalue weighted by Crippen LogP contribution is -1.99. The topological polar surface area (TPSA) is 18.5 Å². The quantitative estimate of drug-likeness (QED) is 0.756. The van der Waals surface area contributed by atoms with Gasteiger partial charge in [0.1, 0.15) is 17.3 Å². The second-order valence-corrected chi connectivity index (χ2v) is 5.45. The summed E-state index contributed by atoms with van der Waals surface area (Å²) in [4.78, 5) is -0.141. The molecule has 0 saturated heterocycles. The first kappa shape index (κ1) is 14.9. The molecule has 0 aliphatic heterocycles. The van der Waals surface area contributed by atoms with E-state index in [-0.39, 0.29) is 10.6 Å². The smallest absolute Gasteiger partial charge is 0.127 e. The van der Waals surface area contributed by atoms with Gasteiger partial charge < -0.3 is 9.47 Å². The van der Waals surface area contributed by atoms with Gasteiger partial charge in [-0.1, -0.05) is 28.1 Å². The van der Waals surface area contributed by atoms with Gasteiger partial charge in [0.15, 0.2) is 0 Å². The van der Waals surface area contributed by atoms with E-state index in [0.717, 1.165) is 22.4 Å². The summed E-state index contributed by atoms with van der Waals surface area (Å²) in [6.07, 6.45) is 0. The fourth-order valence-electron chi connectivity index (χ4n) is 2.12. The average molecular weight is 339 g/mol. The maximum Gasteiger partial charge on any atom is 0.127 e. The lowest BCUT2D eigenvalue weighted by Gasteiger charge is -2.16. The number of halogens is 2. The number of aryl methyl sites for hydroxylation is 1. The van der Waals surface area contributed by atoms with Gasteiger partial charge in [0.25, 0.3) is 0 Å². The Balaban J connectivity index is 2.44. The summed E-state index contributed by atoms with van der Waals surface area (Å²) in [6.45, 7) is 1.87. The Hall–Kier alpha value is -1.55. The molecule has 2 nitrogen and oxygen atoms in total. The number of methoxy groups -OCH3 is 2. The fourth-order valence-corrected chi connectivity index (χ4v) is 2.76. The zero-order valence-corrected chi connectivity index (χ0v) is 13.2. The SMILES string of the molecule is COc1ccc(C(Br)c2cc(C)cc(F)c2)c(OC)c1. The Kier molecular flexibility index (Phi) is 4.65. The zero-order chi connectivity index (χ0) is 14.7. The van der Waals surface area contributed by atoms with Crippen LogP contribution < -0.4 is 9.47 Å². The van der Waals surface area contributed by atoms with Crippen LogP contribution in [0.1, 0.15) is 21.5 Å². The van der Waals surface area contributed by atoms with Crippen molar-refractivity contribution >= 4 is 15.9 Å². The van der Waals surface area contributed by atoms with Crippen LogP contribution >= 0.6 is 15.9 Å². The molecule has 0 aliphatic rings. The summed E-state index contributed by atoms with van der Waals surface area (Å²) in [7, 11) is 3.21. The molecule has 2 rings (SSSR count). The van der Waals surface area contributed by atoms with Crippen molar-refractivity contribution in [1.29, 1.82) is 0 Å². The van der Waals surface area contributed by atoms with Gasteiger partial charge in [-0.3, -0.25) is 0 Å². The minimum atomic E-state index is -0.239. The van der Waals surface area contributed by atoms with Crippen molar-refractivity contribution in [1.82, 2.24) is 0 Å². The first-order valence-corrected chi connectivity index (χ1v) is 7.10. The summed E-state index contributed by atoms with van der Waals surface area (Å²) in [5.41, 5.74) is 2.67. The highest BCUT2D eigenvalue weighted by Gasteiger charge is 2.17. The van der Waals surface area contributed by atoms with Crippen LogP contribution in [-0.2, 0) is 0 Å². The monoisotopic (exact) mass is 338 g/mol. The van der Waals surface area contributed by atoms with Crippen LogP contribution in [0.5, 0.6) is 11.5 Å². The summed E-state index contributed by atoms with van der Waals surface area (Å²) >= 11 is 3.61. The average Bonchev–Trinajstić information content (AvgIpc) is 2.44. The van der Waals surface area contributed by atoms with Gasteiger partial charge in [0.05, 0.1) is 19.0 Å². The molecule has 0 spiro atoms. The molecule has 4 heteroatoms. The van der Waals surface area contributed by atoms with Crippen LogP contribution in [0.4, 0.5) is 4.39 Å². The van der Waals surface area contributed by atoms with Crippen LogP contribution in [0.25, 0.3) is 0 Å². The van der Waals surface area contributed by atoms with Crippen molar-refractivity contribution in [2.75, 3.05) is 14.2 Å². The molecule has 0 bridgehead atoms. The number of hydrogen-bond acceptors (Lipinski definition) is 2. The maximum absolute atomic E-state index is 13.5. The largest absolute Gasteiger partial charge is 0.497 e. The number of benzene rings is 2. The van der Waals surface area contributed by atoms with Crippen molar-refractivity contribution in [3.05, 3.63) is 58.9 Å². The molecule has 2 aromatic rings. The van der Waals surface area contributed by atoms with E-state index >= 15 is 0 Å². The van der Waals surface area contributed by atoms with Crippen LogP contribution in [0.2, 0.25) is 0 Å². The summed E-state index contributed by atoms with van der Waals surface area (Å²) in [5.74, 6) is 1.19. The van der Waals surface area contributed by atoms with Gasteiger partial charge in [0, 0.05) is 11.6 Å². The zero-order valence-electron chi connectivity index (χ0n) is 11.6. The van der Waals surface area contributed by atoms with E-state index in [1.165, 1.54) is 12.1 Å². The van der Waals surface area contributed by atoms with Crippen molar-refractivity contribution in [2.45, 2.75) is 11.8 Å². The van der Waals surface area contributed by atoms with E-state index in [2.05, 4.69) is 15.9 Å². The van der Waals surface area contributed by atoms with Crippen LogP contribution in [0.3, 0.4) is 0 Å². The van der Waals surface area contributed by atoms with Crippen molar-refractivity contribution in [3.63, 3.8) is 0 Å². The van der Waals surface area contributed by atoms with Crippen LogP contribution in [-0.4, -0.2) is 14.2 Å². The van der Waals surface area contributed by atoms with Gasteiger partial charge in [-0.15, -0.1) is 0 Å². The molecular formula is C16H16BrFO2. The van der Waals surface area contributed by atoms with E-state index in [4.69, 9.17) is 9.47 Å². The molecule has 0 fully saturated rings. The molecule has 0 aromatic heterocycles. The number of ether oxygens (including phenoxy) is 2. The maximum atomic E-state index is 13.5. The van der Waals surface area contributed by atoms with Crippen LogP contribution in [0, 0.1) is 12.7 Å². The summed E-state index contributed by atoms with van der Waals surface area (Å²) in [5, 5.41) is 0.